The molecule has 102 heavy (non-hydrogen) atoms. The first-order chi connectivity index (χ1) is 50.5. The fraction of sp³-hybridized carbons (Fsp3) is 0.312. The van der Waals surface area contributed by atoms with Crippen molar-refractivity contribution < 1.29 is 35.6 Å². The van der Waals surface area contributed by atoms with Gasteiger partial charge in [0.2, 0.25) is 34.2 Å². The standard InChI is InChI=1S/6C16H20N/c2*1-11-6-9-15(13(3)10-11)16-12(2)7-8-14(4)17(16)5;2*1-11-6-7-12(2)15(10-11)16-13(3)8-9-14(4)17(16)5;1-11-7-6-8-15(14(11)4)16-12(2)9-10-13(3)17(16)5;1-11-7-6-8-12(2)15(11)16-13(3)9-10-14(4)17(16)5/h6*6-10H,1-5H3/q6*+1/i1D3;;;;3D3;. The normalized spacial score (nSPS) is 11.8. The van der Waals surface area contributed by atoms with Crippen LogP contribution in [0, 0.1) is 166 Å². The molecule has 0 aliphatic carbocycles. The van der Waals surface area contributed by atoms with Gasteiger partial charge in [0.1, 0.15) is 42.3 Å². The molecule has 12 rings (SSSR count). The van der Waals surface area contributed by atoms with E-state index in [1.807, 2.05) is 52.2 Å². The molecule has 0 radical (unpaired) electrons. The maximum atomic E-state index is 7.65. The van der Waals surface area contributed by atoms with Crippen molar-refractivity contribution in [2.75, 3.05) is 0 Å². The van der Waals surface area contributed by atoms with E-state index in [0.717, 1.165) is 33.6 Å². The number of hydrogen-bond donors (Lipinski definition) is 0. The van der Waals surface area contributed by atoms with Crippen molar-refractivity contribution in [3.8, 4) is 67.5 Å². The predicted molar refractivity (Wildman–Crippen MR) is 432 cm³/mol. The van der Waals surface area contributed by atoms with E-state index in [9.17, 15) is 0 Å². The number of nitrogens with zero attached hydrogens (tertiary/aromatic N) is 6. The summed E-state index contributed by atoms with van der Waals surface area (Å²) in [6, 6.07) is 63.2. The first-order valence-electron chi connectivity index (χ1n) is 38.8. The molecule has 0 amide bonds. The van der Waals surface area contributed by atoms with Crippen molar-refractivity contribution in [2.24, 2.45) is 42.3 Å². The van der Waals surface area contributed by atoms with Crippen molar-refractivity contribution in [3.63, 3.8) is 0 Å². The van der Waals surface area contributed by atoms with E-state index in [2.05, 4.69) is 329 Å². The van der Waals surface area contributed by atoms with Gasteiger partial charge in [0.15, 0.2) is 34.2 Å². The molecule has 0 fully saturated rings. The van der Waals surface area contributed by atoms with Gasteiger partial charge >= 0.3 is 0 Å². The highest BCUT2D eigenvalue weighted by atomic mass is 15.0. The Hall–Kier alpha value is -9.78. The second-order valence-corrected chi connectivity index (χ2v) is 28.6. The average Bonchev–Trinajstić information content (AvgIpc) is 0.771. The highest BCUT2D eigenvalue weighted by Crippen LogP contribution is 2.31. The summed E-state index contributed by atoms with van der Waals surface area (Å²) in [4.78, 5) is 0. The van der Waals surface area contributed by atoms with E-state index in [-0.39, 0.29) is 0 Å². The van der Waals surface area contributed by atoms with Crippen molar-refractivity contribution >= 4 is 0 Å². The molecule has 6 aromatic carbocycles. The van der Waals surface area contributed by atoms with Crippen molar-refractivity contribution in [1.82, 2.24) is 0 Å². The lowest BCUT2D eigenvalue weighted by atomic mass is 9.96. The van der Waals surface area contributed by atoms with Gasteiger partial charge in [-0.1, -0.05) is 101 Å². The van der Waals surface area contributed by atoms with Crippen molar-refractivity contribution in [3.05, 3.63) is 316 Å². The molecule has 0 saturated heterocycles. The summed E-state index contributed by atoms with van der Waals surface area (Å²) in [6.07, 6.45) is 0. The van der Waals surface area contributed by atoms with E-state index in [1.54, 1.807) is 22.8 Å². The molecule has 0 aliphatic heterocycles. The van der Waals surface area contributed by atoms with E-state index >= 15 is 0 Å². The minimum atomic E-state index is -2.10. The molecule has 0 aliphatic rings. The molecule has 0 atom stereocenters. The van der Waals surface area contributed by atoms with E-state index in [4.69, 9.17) is 8.22 Å². The third-order valence-electron chi connectivity index (χ3n) is 20.6. The SMILES string of the molecule is Cc1ccc(-c2c(C)ccc(C)[n+]2C)c(C)c1.Cc1ccc(C)c(-c2c(C)ccc(C)[n+]2C)c1.Cc1ccc(C)c(-c2c(C)ccc(C)[n+]2C)c1.Cc1cccc(C)c1-c1c(C)ccc(C)[n+]1C.[2H]C([2H])([2H])c1ccc(-c2c(C)ccc(C)[n+]2C)c(C)c1.[2H]C([2H])([2H])c1ccc(C)c(-c2cccc(C)c2C)[n+]1C. The summed E-state index contributed by atoms with van der Waals surface area (Å²) < 4.78 is 58.5. The van der Waals surface area contributed by atoms with Crippen LogP contribution in [0.3, 0.4) is 0 Å². The van der Waals surface area contributed by atoms with Crippen LogP contribution in [0.25, 0.3) is 67.5 Å². The Kier molecular flexibility index (Phi) is 24.1. The smallest absolute Gasteiger partial charge is 0.198 e. The van der Waals surface area contributed by atoms with Gasteiger partial charge in [0.05, 0.1) is 5.56 Å². The van der Waals surface area contributed by atoms with Crippen LogP contribution in [0.4, 0.5) is 0 Å². The molecule has 0 saturated carbocycles. The zero-order chi connectivity index (χ0) is 80.5. The van der Waals surface area contributed by atoms with Gasteiger partial charge in [-0.05, 0) is 236 Å². The van der Waals surface area contributed by atoms with Crippen molar-refractivity contribution in [1.29, 1.82) is 0 Å². The summed E-state index contributed by atoms with van der Waals surface area (Å²) in [6.45, 7) is 42.8. The number of pyridine rings is 6. The van der Waals surface area contributed by atoms with Gasteiger partial charge in [0.25, 0.3) is 0 Å². The van der Waals surface area contributed by atoms with E-state index in [1.165, 1.54) is 157 Å². The lowest BCUT2D eigenvalue weighted by molar-refractivity contribution is -0.667. The Morgan fingerprint density at radius 1 is 0.196 bits per heavy atom. The number of benzene rings is 6. The molecule has 0 unspecified atom stereocenters. The van der Waals surface area contributed by atoms with Gasteiger partial charge in [-0.2, -0.15) is 27.4 Å². The summed E-state index contributed by atoms with van der Waals surface area (Å²) in [5, 5.41) is 0. The molecule has 0 N–H and O–H groups in total. The predicted octanol–water partition coefficient (Wildman–Crippen LogP) is 20.5. The van der Waals surface area contributed by atoms with Crippen LogP contribution in [0.2, 0.25) is 0 Å². The largest absolute Gasteiger partial charge is 0.215 e. The molecule has 12 aromatic rings. The monoisotopic (exact) mass is 1360 g/mol. The van der Waals surface area contributed by atoms with Crippen LogP contribution >= 0.6 is 0 Å². The zero-order valence-electron chi connectivity index (χ0n) is 73.0. The summed E-state index contributed by atoms with van der Waals surface area (Å²) >= 11 is 0. The Morgan fingerprint density at radius 3 is 0.843 bits per heavy atom. The summed E-state index contributed by atoms with van der Waals surface area (Å²) in [5.74, 6) is 0. The highest BCUT2D eigenvalue weighted by Gasteiger charge is 2.24. The number of aromatic nitrogens is 6. The average molecular weight is 1360 g/mol. The third-order valence-corrected chi connectivity index (χ3v) is 20.6. The van der Waals surface area contributed by atoms with Crippen LogP contribution in [0.1, 0.15) is 143 Å². The molecular weight excluding hydrogens is 1240 g/mol. The quantitative estimate of drug-likeness (QED) is 0.148. The fourth-order valence-corrected chi connectivity index (χ4v) is 13.7. The fourth-order valence-electron chi connectivity index (χ4n) is 13.7. The highest BCUT2D eigenvalue weighted by molar-refractivity contribution is 5.70. The minimum absolute atomic E-state index is 0.360. The Morgan fingerprint density at radius 2 is 0.471 bits per heavy atom. The van der Waals surface area contributed by atoms with E-state index < -0.39 is 13.7 Å². The number of hydrogen-bond acceptors (Lipinski definition) is 0. The molecule has 6 nitrogen and oxygen atoms in total. The Balaban J connectivity index is 0.000000181. The second-order valence-electron chi connectivity index (χ2n) is 28.6. The van der Waals surface area contributed by atoms with Gasteiger partial charge in [-0.3, -0.25) is 0 Å². The minimum Gasteiger partial charge on any atom is -0.198 e. The maximum absolute atomic E-state index is 7.65. The van der Waals surface area contributed by atoms with Crippen LogP contribution in [0.15, 0.2) is 182 Å². The summed E-state index contributed by atoms with van der Waals surface area (Å²) in [5.41, 5.74) is 43.6. The van der Waals surface area contributed by atoms with E-state index in [0.29, 0.717) is 11.3 Å². The molecule has 6 heterocycles. The number of aryl methyl sites for hydroxylation is 23. The first kappa shape index (κ1) is 70.6. The zero-order valence-corrected chi connectivity index (χ0v) is 67.0. The maximum Gasteiger partial charge on any atom is 0.215 e. The number of rotatable bonds is 6. The molecule has 6 aromatic heterocycles. The van der Waals surface area contributed by atoms with Crippen LogP contribution in [0.5, 0.6) is 0 Å². The van der Waals surface area contributed by atoms with Gasteiger partial charge in [0, 0.05) is 147 Å². The Bertz CT molecular complexity index is 5160. The molecular formula is C96H120N6+6. The van der Waals surface area contributed by atoms with Crippen LogP contribution < -0.4 is 27.4 Å². The third kappa shape index (κ3) is 18.7. The van der Waals surface area contributed by atoms with Crippen molar-refractivity contribution in [2.45, 2.75) is 166 Å². The first-order valence-corrected chi connectivity index (χ1v) is 35.8. The molecule has 6 heteroatoms. The molecule has 0 spiro atoms. The lowest BCUT2D eigenvalue weighted by Gasteiger charge is -2.11. The molecule has 528 valence electrons. The van der Waals surface area contributed by atoms with Gasteiger partial charge in [-0.15, -0.1) is 0 Å². The summed E-state index contributed by atoms with van der Waals surface area (Å²) in [7, 11) is 12.4. The second kappa shape index (κ2) is 34.7. The lowest BCUT2D eigenvalue weighted by Crippen LogP contribution is -2.35. The van der Waals surface area contributed by atoms with Gasteiger partial charge in [-0.25, -0.2) is 0 Å². The Labute approximate surface area is 624 Å². The van der Waals surface area contributed by atoms with Crippen LogP contribution in [-0.2, 0) is 42.3 Å². The van der Waals surface area contributed by atoms with Gasteiger partial charge < -0.3 is 0 Å². The topological polar surface area (TPSA) is 23.3 Å². The molecule has 0 bridgehead atoms. The van der Waals surface area contributed by atoms with Crippen LogP contribution in [-0.4, -0.2) is 0 Å².